The fourth-order valence-corrected chi connectivity index (χ4v) is 1.64. The zero-order valence-electron chi connectivity index (χ0n) is 9.79. The van der Waals surface area contributed by atoms with Crippen LogP contribution in [0.4, 0.5) is 10.6 Å². The van der Waals surface area contributed by atoms with Gasteiger partial charge in [0, 0.05) is 12.4 Å². The summed E-state index contributed by atoms with van der Waals surface area (Å²) in [5.74, 6) is -0.134. The Bertz CT molecular complexity index is 401. The minimum Gasteiger partial charge on any atom is -0.480 e. The maximum atomic E-state index is 11.5. The maximum absolute atomic E-state index is 11.5. The molecule has 1 aromatic heterocycles. The second-order valence-corrected chi connectivity index (χ2v) is 4.35. The summed E-state index contributed by atoms with van der Waals surface area (Å²) in [5.41, 5.74) is 0. The Morgan fingerprint density at radius 1 is 1.50 bits per heavy atom. The van der Waals surface area contributed by atoms with Gasteiger partial charge in [0.25, 0.3) is 0 Å². The van der Waals surface area contributed by atoms with Crippen LogP contribution in [-0.4, -0.2) is 45.1 Å². The third kappa shape index (κ3) is 5.00. The van der Waals surface area contributed by atoms with E-state index >= 15 is 0 Å². The molecule has 8 heteroatoms. The number of aromatic nitrogens is 2. The number of urea groups is 1. The van der Waals surface area contributed by atoms with Crippen molar-refractivity contribution in [3.63, 3.8) is 0 Å². The first kappa shape index (κ1) is 14.2. The third-order valence-electron chi connectivity index (χ3n) is 2.02. The highest BCUT2D eigenvalue weighted by molar-refractivity contribution is 7.98. The number of nitrogens with zero attached hydrogens (tertiary/aromatic N) is 2. The highest BCUT2D eigenvalue weighted by atomic mass is 32.2. The van der Waals surface area contributed by atoms with Crippen LogP contribution in [0.15, 0.2) is 18.6 Å². The second-order valence-electron chi connectivity index (χ2n) is 3.36. The van der Waals surface area contributed by atoms with E-state index < -0.39 is 18.0 Å². The number of anilines is 1. The van der Waals surface area contributed by atoms with Crippen molar-refractivity contribution in [3.05, 3.63) is 18.6 Å². The van der Waals surface area contributed by atoms with Gasteiger partial charge in [0.05, 0.1) is 6.20 Å². The van der Waals surface area contributed by atoms with E-state index in [9.17, 15) is 9.59 Å². The molecule has 0 fully saturated rings. The molecule has 3 N–H and O–H groups in total. The van der Waals surface area contributed by atoms with E-state index in [4.69, 9.17) is 5.11 Å². The number of rotatable bonds is 6. The number of carbonyl (C=O) groups excluding carboxylic acids is 1. The van der Waals surface area contributed by atoms with Crippen molar-refractivity contribution in [1.82, 2.24) is 15.3 Å². The average Bonchev–Trinajstić information content (AvgIpc) is 2.35. The van der Waals surface area contributed by atoms with E-state index in [1.54, 1.807) is 0 Å². The van der Waals surface area contributed by atoms with E-state index in [2.05, 4.69) is 20.6 Å². The Balaban J connectivity index is 2.48. The van der Waals surface area contributed by atoms with Crippen molar-refractivity contribution in [2.75, 3.05) is 17.3 Å². The molecule has 0 aromatic carbocycles. The molecule has 2 amide bonds. The number of carboxylic acids is 1. The number of hydrogen-bond acceptors (Lipinski definition) is 5. The summed E-state index contributed by atoms with van der Waals surface area (Å²) < 4.78 is 0. The zero-order valence-corrected chi connectivity index (χ0v) is 10.6. The average molecular weight is 270 g/mol. The van der Waals surface area contributed by atoms with Crippen molar-refractivity contribution >= 4 is 29.6 Å². The third-order valence-corrected chi connectivity index (χ3v) is 2.66. The van der Waals surface area contributed by atoms with Gasteiger partial charge in [0.15, 0.2) is 5.82 Å². The Morgan fingerprint density at radius 3 is 2.83 bits per heavy atom. The van der Waals surface area contributed by atoms with Crippen molar-refractivity contribution < 1.29 is 14.7 Å². The monoisotopic (exact) mass is 270 g/mol. The first-order valence-electron chi connectivity index (χ1n) is 5.18. The molecule has 0 bridgehead atoms. The summed E-state index contributed by atoms with van der Waals surface area (Å²) >= 11 is 1.52. The minimum atomic E-state index is -1.06. The number of carboxylic acid groups (broad SMARTS) is 1. The van der Waals surface area contributed by atoms with Gasteiger partial charge < -0.3 is 10.4 Å². The standard InChI is InChI=1S/C10H14N4O3S/c1-18-5-2-7(9(15)16)13-10(17)14-8-6-11-3-4-12-8/h3-4,6-7H,2,5H2,1H3,(H,15,16)(H2,12,13,14,17). The van der Waals surface area contributed by atoms with Crippen LogP contribution in [0.25, 0.3) is 0 Å². The molecule has 1 rings (SSSR count). The molecule has 98 valence electrons. The molecule has 0 aliphatic carbocycles. The topological polar surface area (TPSA) is 104 Å². The van der Waals surface area contributed by atoms with Gasteiger partial charge in [0.1, 0.15) is 6.04 Å². The number of hydrogen-bond donors (Lipinski definition) is 3. The van der Waals surface area contributed by atoms with Crippen molar-refractivity contribution in [2.45, 2.75) is 12.5 Å². The van der Waals surface area contributed by atoms with Crippen LogP contribution in [-0.2, 0) is 4.79 Å². The van der Waals surface area contributed by atoms with Crippen LogP contribution in [0.5, 0.6) is 0 Å². The molecule has 0 spiro atoms. The first-order valence-corrected chi connectivity index (χ1v) is 6.58. The van der Waals surface area contributed by atoms with Crippen LogP contribution in [0.3, 0.4) is 0 Å². The first-order chi connectivity index (χ1) is 8.63. The van der Waals surface area contributed by atoms with Crippen LogP contribution in [0, 0.1) is 0 Å². The smallest absolute Gasteiger partial charge is 0.326 e. The quantitative estimate of drug-likeness (QED) is 0.706. The molecule has 0 saturated carbocycles. The van der Waals surface area contributed by atoms with Crippen LogP contribution in [0.2, 0.25) is 0 Å². The van der Waals surface area contributed by atoms with Gasteiger partial charge in [-0.25, -0.2) is 14.6 Å². The van der Waals surface area contributed by atoms with Crippen LogP contribution < -0.4 is 10.6 Å². The van der Waals surface area contributed by atoms with Gasteiger partial charge >= 0.3 is 12.0 Å². The van der Waals surface area contributed by atoms with E-state index in [1.807, 2.05) is 6.26 Å². The number of aliphatic carboxylic acids is 1. The number of nitrogens with one attached hydrogen (secondary N) is 2. The Kier molecular flexibility index (Phi) is 5.92. The highest BCUT2D eigenvalue weighted by Crippen LogP contribution is 2.02. The normalized spacial score (nSPS) is 11.6. The van der Waals surface area contributed by atoms with Gasteiger partial charge in [-0.15, -0.1) is 0 Å². The number of amides is 2. The summed E-state index contributed by atoms with van der Waals surface area (Å²) in [4.78, 5) is 30.1. The Morgan fingerprint density at radius 2 is 2.28 bits per heavy atom. The SMILES string of the molecule is CSCCC(NC(=O)Nc1cnccn1)C(=O)O. The van der Waals surface area contributed by atoms with E-state index in [0.717, 1.165) is 0 Å². The lowest BCUT2D eigenvalue weighted by Gasteiger charge is -2.14. The van der Waals surface area contributed by atoms with Crippen molar-refractivity contribution in [2.24, 2.45) is 0 Å². The van der Waals surface area contributed by atoms with E-state index in [1.165, 1.54) is 30.4 Å². The van der Waals surface area contributed by atoms with Gasteiger partial charge in [-0.05, 0) is 18.4 Å². The molecule has 0 aliphatic heterocycles. The molecule has 0 aliphatic rings. The zero-order chi connectivity index (χ0) is 13.4. The van der Waals surface area contributed by atoms with Gasteiger partial charge in [-0.2, -0.15) is 11.8 Å². The lowest BCUT2D eigenvalue weighted by molar-refractivity contribution is -0.139. The largest absolute Gasteiger partial charge is 0.480 e. The predicted octanol–water partition coefficient (Wildman–Crippen LogP) is 0.804. The molecule has 7 nitrogen and oxygen atoms in total. The molecule has 1 atom stereocenters. The molecule has 1 heterocycles. The van der Waals surface area contributed by atoms with Gasteiger partial charge in [-0.3, -0.25) is 10.3 Å². The second kappa shape index (κ2) is 7.49. The van der Waals surface area contributed by atoms with E-state index in [0.29, 0.717) is 12.2 Å². The van der Waals surface area contributed by atoms with Gasteiger partial charge in [-0.1, -0.05) is 0 Å². The molecule has 18 heavy (non-hydrogen) atoms. The molecule has 0 saturated heterocycles. The number of carbonyl (C=O) groups is 2. The lowest BCUT2D eigenvalue weighted by atomic mass is 10.2. The fourth-order valence-electron chi connectivity index (χ4n) is 1.17. The minimum absolute atomic E-state index is 0.268. The Labute approximate surface area is 108 Å². The van der Waals surface area contributed by atoms with Crippen molar-refractivity contribution in [3.8, 4) is 0 Å². The summed E-state index contributed by atoms with van der Waals surface area (Å²) in [6.07, 6.45) is 6.51. The van der Waals surface area contributed by atoms with E-state index in [-0.39, 0.29) is 5.82 Å². The summed E-state index contributed by atoms with van der Waals surface area (Å²) in [5, 5.41) is 13.7. The molecule has 0 radical (unpaired) electrons. The van der Waals surface area contributed by atoms with Crippen LogP contribution >= 0.6 is 11.8 Å². The fraction of sp³-hybridized carbons (Fsp3) is 0.400. The van der Waals surface area contributed by atoms with Crippen molar-refractivity contribution in [1.29, 1.82) is 0 Å². The Hall–Kier alpha value is -1.83. The van der Waals surface area contributed by atoms with Crippen LogP contribution in [0.1, 0.15) is 6.42 Å². The number of thioether (sulfide) groups is 1. The molecular formula is C10H14N4O3S. The summed E-state index contributed by atoms with van der Waals surface area (Å²) in [7, 11) is 0. The lowest BCUT2D eigenvalue weighted by Crippen LogP contribution is -2.43. The summed E-state index contributed by atoms with van der Waals surface area (Å²) in [6.45, 7) is 0. The predicted molar refractivity (Wildman–Crippen MR) is 68.6 cm³/mol. The molecular weight excluding hydrogens is 256 g/mol. The maximum Gasteiger partial charge on any atom is 0.326 e. The molecule has 1 aromatic rings. The highest BCUT2D eigenvalue weighted by Gasteiger charge is 2.19. The summed E-state index contributed by atoms with van der Waals surface area (Å²) in [6, 6.07) is -1.52. The molecule has 1 unspecified atom stereocenters. The van der Waals surface area contributed by atoms with Gasteiger partial charge in [0.2, 0.25) is 0 Å².